The Morgan fingerprint density at radius 1 is 1.42 bits per heavy atom. The minimum atomic E-state index is -0.0629. The summed E-state index contributed by atoms with van der Waals surface area (Å²) in [6.07, 6.45) is 0.622. The van der Waals surface area contributed by atoms with Crippen molar-refractivity contribution in [1.29, 1.82) is 0 Å². The molecule has 0 aromatic heterocycles. The second-order valence-corrected chi connectivity index (χ2v) is 5.10. The Kier molecular flexibility index (Phi) is 6.77. The molecule has 0 heterocycles. The molecular weight excluding hydrogens is 282 g/mol. The second-order valence-electron chi connectivity index (χ2n) is 4.14. The molecule has 0 aliphatic heterocycles. The monoisotopic (exact) mass is 299 g/mol. The summed E-state index contributed by atoms with van der Waals surface area (Å²) < 4.78 is 0. The molecule has 0 fully saturated rings. The first kappa shape index (κ1) is 15.9. The van der Waals surface area contributed by atoms with Crippen LogP contribution in [0.15, 0.2) is 24.3 Å². The SMILES string of the molecule is CCN(CCC(N)=S)CC(=O)Nc1ccc(Cl)cc1. The number of hydrogen-bond donors (Lipinski definition) is 2. The van der Waals surface area contributed by atoms with Crippen LogP contribution in [0.4, 0.5) is 5.69 Å². The van der Waals surface area contributed by atoms with Crippen LogP contribution in [0.3, 0.4) is 0 Å². The molecule has 0 unspecified atom stereocenters. The van der Waals surface area contributed by atoms with E-state index < -0.39 is 0 Å². The molecule has 104 valence electrons. The molecule has 6 heteroatoms. The molecule has 4 nitrogen and oxygen atoms in total. The van der Waals surface area contributed by atoms with Crippen molar-refractivity contribution in [3.63, 3.8) is 0 Å². The first-order valence-electron chi connectivity index (χ1n) is 6.07. The third-order valence-corrected chi connectivity index (χ3v) is 3.07. The highest BCUT2D eigenvalue weighted by atomic mass is 35.5. The van der Waals surface area contributed by atoms with E-state index in [0.29, 0.717) is 29.5 Å². The van der Waals surface area contributed by atoms with Crippen LogP contribution in [0.2, 0.25) is 5.02 Å². The van der Waals surface area contributed by atoms with Gasteiger partial charge in [-0.05, 0) is 30.8 Å². The zero-order chi connectivity index (χ0) is 14.3. The van der Waals surface area contributed by atoms with Gasteiger partial charge >= 0.3 is 0 Å². The highest BCUT2D eigenvalue weighted by Gasteiger charge is 2.09. The summed E-state index contributed by atoms with van der Waals surface area (Å²) in [5, 5.41) is 3.46. The standard InChI is InChI=1S/C13H18ClN3OS/c1-2-17(8-7-12(15)19)9-13(18)16-11-5-3-10(14)4-6-11/h3-6H,2,7-9H2,1H3,(H2,15,19)(H,16,18). The molecule has 0 aliphatic carbocycles. The summed E-state index contributed by atoms with van der Waals surface area (Å²) >= 11 is 10.6. The molecule has 0 atom stereocenters. The van der Waals surface area contributed by atoms with Crippen LogP contribution in [0.5, 0.6) is 0 Å². The van der Waals surface area contributed by atoms with Gasteiger partial charge in [-0.1, -0.05) is 30.7 Å². The van der Waals surface area contributed by atoms with Crippen molar-refractivity contribution in [3.8, 4) is 0 Å². The van der Waals surface area contributed by atoms with Crippen LogP contribution in [-0.2, 0) is 4.79 Å². The van der Waals surface area contributed by atoms with Crippen molar-refractivity contribution in [1.82, 2.24) is 4.90 Å². The zero-order valence-corrected chi connectivity index (χ0v) is 12.4. The summed E-state index contributed by atoms with van der Waals surface area (Å²) in [6.45, 7) is 3.79. The predicted octanol–water partition coefficient (Wildman–Crippen LogP) is 2.28. The molecule has 0 aliphatic rings. The van der Waals surface area contributed by atoms with Crippen LogP contribution < -0.4 is 11.1 Å². The molecule has 0 saturated carbocycles. The van der Waals surface area contributed by atoms with Crippen molar-refractivity contribution >= 4 is 40.4 Å². The first-order chi connectivity index (χ1) is 9.01. The van der Waals surface area contributed by atoms with Crippen molar-refractivity contribution in [2.45, 2.75) is 13.3 Å². The quantitative estimate of drug-likeness (QED) is 0.758. The van der Waals surface area contributed by atoms with Crippen LogP contribution in [0.25, 0.3) is 0 Å². The molecule has 0 saturated heterocycles. The minimum absolute atomic E-state index is 0.0629. The lowest BCUT2D eigenvalue weighted by atomic mass is 10.3. The Bertz CT molecular complexity index is 436. The van der Waals surface area contributed by atoms with Gasteiger partial charge in [0.05, 0.1) is 11.5 Å². The molecule has 0 spiro atoms. The second kappa shape index (κ2) is 8.09. The van der Waals surface area contributed by atoms with Gasteiger partial charge in [0.1, 0.15) is 0 Å². The van der Waals surface area contributed by atoms with Gasteiger partial charge in [0.15, 0.2) is 0 Å². The van der Waals surface area contributed by atoms with Gasteiger partial charge in [-0.2, -0.15) is 0 Å². The number of halogens is 1. The summed E-state index contributed by atoms with van der Waals surface area (Å²) in [4.78, 5) is 14.3. The summed E-state index contributed by atoms with van der Waals surface area (Å²) in [6, 6.07) is 7.01. The van der Waals surface area contributed by atoms with E-state index in [0.717, 1.165) is 12.2 Å². The van der Waals surface area contributed by atoms with Crippen molar-refractivity contribution in [3.05, 3.63) is 29.3 Å². The number of anilines is 1. The summed E-state index contributed by atoms with van der Waals surface area (Å²) in [7, 11) is 0. The van der Waals surface area contributed by atoms with Gasteiger partial charge in [0.2, 0.25) is 5.91 Å². The smallest absolute Gasteiger partial charge is 0.238 e. The number of benzene rings is 1. The number of likely N-dealkylation sites (N-methyl/N-ethyl adjacent to an activating group) is 1. The zero-order valence-electron chi connectivity index (χ0n) is 10.9. The fourth-order valence-electron chi connectivity index (χ4n) is 1.55. The van der Waals surface area contributed by atoms with E-state index in [1.54, 1.807) is 24.3 Å². The lowest BCUT2D eigenvalue weighted by Crippen LogP contribution is -2.35. The van der Waals surface area contributed by atoms with E-state index in [9.17, 15) is 4.79 Å². The molecule has 0 radical (unpaired) electrons. The Morgan fingerprint density at radius 2 is 2.05 bits per heavy atom. The Morgan fingerprint density at radius 3 is 2.58 bits per heavy atom. The molecule has 1 aromatic rings. The van der Waals surface area contributed by atoms with E-state index in [2.05, 4.69) is 5.32 Å². The molecule has 1 rings (SSSR count). The first-order valence-corrected chi connectivity index (χ1v) is 6.86. The highest BCUT2D eigenvalue weighted by molar-refractivity contribution is 7.80. The normalized spacial score (nSPS) is 10.5. The lowest BCUT2D eigenvalue weighted by molar-refractivity contribution is -0.117. The van der Waals surface area contributed by atoms with E-state index in [1.165, 1.54) is 0 Å². The number of carbonyl (C=O) groups excluding carboxylic acids is 1. The van der Waals surface area contributed by atoms with Gasteiger partial charge in [0, 0.05) is 23.7 Å². The Hall–Kier alpha value is -1.17. The van der Waals surface area contributed by atoms with Crippen molar-refractivity contribution in [2.24, 2.45) is 5.73 Å². The number of hydrogen-bond acceptors (Lipinski definition) is 3. The average Bonchev–Trinajstić information content (AvgIpc) is 2.37. The van der Waals surface area contributed by atoms with Crippen molar-refractivity contribution in [2.75, 3.05) is 25.0 Å². The molecule has 19 heavy (non-hydrogen) atoms. The van der Waals surface area contributed by atoms with Gasteiger partial charge in [-0.15, -0.1) is 0 Å². The number of nitrogens with one attached hydrogen (secondary N) is 1. The van der Waals surface area contributed by atoms with Gasteiger partial charge in [0.25, 0.3) is 0 Å². The maximum atomic E-state index is 11.9. The van der Waals surface area contributed by atoms with E-state index in [-0.39, 0.29) is 5.91 Å². The van der Waals surface area contributed by atoms with Gasteiger partial charge in [-0.3, -0.25) is 9.69 Å². The number of carbonyl (C=O) groups is 1. The van der Waals surface area contributed by atoms with E-state index >= 15 is 0 Å². The predicted molar refractivity (Wildman–Crippen MR) is 83.6 cm³/mol. The lowest BCUT2D eigenvalue weighted by Gasteiger charge is -2.19. The number of amides is 1. The maximum absolute atomic E-state index is 11.9. The molecule has 1 amide bonds. The maximum Gasteiger partial charge on any atom is 0.238 e. The van der Waals surface area contributed by atoms with Crippen molar-refractivity contribution < 1.29 is 4.79 Å². The fraction of sp³-hybridized carbons (Fsp3) is 0.385. The third kappa shape index (κ3) is 6.52. The summed E-state index contributed by atoms with van der Waals surface area (Å²) in [5.41, 5.74) is 6.19. The number of thiocarbonyl (C=S) groups is 1. The topological polar surface area (TPSA) is 58.4 Å². The molecule has 0 bridgehead atoms. The minimum Gasteiger partial charge on any atom is -0.393 e. The number of nitrogens with zero attached hydrogens (tertiary/aromatic N) is 1. The number of rotatable bonds is 7. The van der Waals surface area contributed by atoms with Crippen LogP contribution in [-0.4, -0.2) is 35.4 Å². The van der Waals surface area contributed by atoms with Gasteiger partial charge in [-0.25, -0.2) is 0 Å². The Balaban J connectivity index is 2.44. The van der Waals surface area contributed by atoms with Crippen LogP contribution >= 0.6 is 23.8 Å². The Labute approximate surface area is 123 Å². The average molecular weight is 300 g/mol. The fourth-order valence-corrected chi connectivity index (χ4v) is 1.77. The number of nitrogens with two attached hydrogens (primary N) is 1. The molecule has 3 N–H and O–H groups in total. The summed E-state index contributed by atoms with van der Waals surface area (Å²) in [5.74, 6) is -0.0629. The van der Waals surface area contributed by atoms with Crippen LogP contribution in [0.1, 0.15) is 13.3 Å². The largest absolute Gasteiger partial charge is 0.393 e. The van der Waals surface area contributed by atoms with Gasteiger partial charge < -0.3 is 11.1 Å². The highest BCUT2D eigenvalue weighted by Crippen LogP contribution is 2.13. The van der Waals surface area contributed by atoms with Crippen LogP contribution in [0, 0.1) is 0 Å². The van der Waals surface area contributed by atoms with E-state index in [1.807, 2.05) is 11.8 Å². The molecule has 1 aromatic carbocycles. The van der Waals surface area contributed by atoms with E-state index in [4.69, 9.17) is 29.6 Å². The third-order valence-electron chi connectivity index (χ3n) is 2.62. The molecular formula is C13H18ClN3OS.